The maximum atomic E-state index is 6.32. The summed E-state index contributed by atoms with van der Waals surface area (Å²) in [5.41, 5.74) is 3.77. The van der Waals surface area contributed by atoms with Crippen molar-refractivity contribution >= 4 is 22.9 Å². The molecule has 4 nitrogen and oxygen atoms in total. The van der Waals surface area contributed by atoms with Crippen LogP contribution >= 0.6 is 22.9 Å². The van der Waals surface area contributed by atoms with E-state index in [4.69, 9.17) is 16.3 Å². The van der Waals surface area contributed by atoms with E-state index in [9.17, 15) is 0 Å². The molecule has 0 saturated heterocycles. The lowest BCUT2D eigenvalue weighted by Crippen LogP contribution is -2.32. The van der Waals surface area contributed by atoms with Gasteiger partial charge < -0.3 is 10.1 Å². The number of halogens is 1. The molecule has 0 amide bonds. The number of aromatic amines is 1. The summed E-state index contributed by atoms with van der Waals surface area (Å²) in [6, 6.07) is 5.08. The Labute approximate surface area is 158 Å². The van der Waals surface area contributed by atoms with Crippen LogP contribution in [0.25, 0.3) is 0 Å². The van der Waals surface area contributed by atoms with Crippen LogP contribution in [0.2, 0.25) is 4.34 Å². The summed E-state index contributed by atoms with van der Waals surface area (Å²) in [6.45, 7) is 3.88. The molecule has 136 valence electrons. The molecule has 6 heteroatoms. The molecule has 1 aliphatic carbocycles. The topological polar surface area (TPSA) is 49.9 Å². The van der Waals surface area contributed by atoms with E-state index in [0.717, 1.165) is 43.2 Å². The van der Waals surface area contributed by atoms with Crippen LogP contribution in [-0.2, 0) is 17.6 Å². The van der Waals surface area contributed by atoms with E-state index in [1.54, 1.807) is 11.3 Å². The van der Waals surface area contributed by atoms with Gasteiger partial charge >= 0.3 is 0 Å². The van der Waals surface area contributed by atoms with Crippen LogP contribution in [0.5, 0.6) is 0 Å². The molecular weight excluding hydrogens is 354 g/mol. The van der Waals surface area contributed by atoms with Gasteiger partial charge in [0, 0.05) is 29.9 Å². The second-order valence-electron chi connectivity index (χ2n) is 7.35. The molecule has 2 aromatic heterocycles. The molecule has 0 aromatic carbocycles. The van der Waals surface area contributed by atoms with Crippen LogP contribution in [0.15, 0.2) is 12.1 Å². The number of hydrogen-bond donors (Lipinski definition) is 2. The number of fused-ring (bicyclic) bond motifs is 1. The van der Waals surface area contributed by atoms with Crippen molar-refractivity contribution in [3.63, 3.8) is 0 Å². The zero-order valence-electron chi connectivity index (χ0n) is 14.7. The molecule has 2 aromatic rings. The Morgan fingerprint density at radius 2 is 2.12 bits per heavy atom. The molecule has 0 spiro atoms. The number of aromatic nitrogens is 2. The molecule has 0 bridgehead atoms. The second kappa shape index (κ2) is 7.78. The van der Waals surface area contributed by atoms with Gasteiger partial charge in [-0.2, -0.15) is 5.10 Å². The minimum absolute atomic E-state index is 0.254. The predicted molar refractivity (Wildman–Crippen MR) is 103 cm³/mol. The summed E-state index contributed by atoms with van der Waals surface area (Å²) in [4.78, 5) is 1.36. The van der Waals surface area contributed by atoms with Gasteiger partial charge in [0.25, 0.3) is 0 Å². The highest BCUT2D eigenvalue weighted by Crippen LogP contribution is 2.40. The van der Waals surface area contributed by atoms with E-state index in [0.29, 0.717) is 12.0 Å². The fraction of sp³-hybridized carbons (Fsp3) is 0.632. The zero-order chi connectivity index (χ0) is 17.2. The van der Waals surface area contributed by atoms with Crippen LogP contribution in [-0.4, -0.2) is 29.5 Å². The Morgan fingerprint density at radius 1 is 1.24 bits per heavy atom. The zero-order valence-corrected chi connectivity index (χ0v) is 16.3. The molecule has 2 unspecified atom stereocenters. The van der Waals surface area contributed by atoms with Gasteiger partial charge in [0.05, 0.1) is 28.4 Å². The average molecular weight is 380 g/mol. The first-order valence-corrected chi connectivity index (χ1v) is 10.5. The van der Waals surface area contributed by atoms with Crippen LogP contribution in [0.4, 0.5) is 0 Å². The number of rotatable bonds is 2. The van der Waals surface area contributed by atoms with Crippen molar-refractivity contribution in [3.05, 3.63) is 38.3 Å². The van der Waals surface area contributed by atoms with Gasteiger partial charge in [-0.1, -0.05) is 11.6 Å². The third kappa shape index (κ3) is 4.45. The first kappa shape index (κ1) is 17.5. The van der Waals surface area contributed by atoms with Crippen LogP contribution in [0.3, 0.4) is 0 Å². The molecule has 1 aliphatic heterocycles. The Kier molecular flexibility index (Phi) is 5.46. The largest absolute Gasteiger partial charge is 0.381 e. The van der Waals surface area contributed by atoms with Gasteiger partial charge in [0.15, 0.2) is 0 Å². The standard InChI is InChI=1S/C19H26ClN3OS/c1-12-3-2-7-24-8-6-14-9-19(20)25-18(14)11-16(21-12)17-10-15(22-23-17)13-4-5-13/h9-10,12-13,16,21H,2-8,11H2,1H3,(H,22,23). The molecule has 3 heterocycles. The summed E-state index contributed by atoms with van der Waals surface area (Å²) in [5.74, 6) is 0.678. The number of H-pyrrole nitrogens is 1. The number of ether oxygens (including phenoxy) is 1. The monoisotopic (exact) mass is 379 g/mol. The van der Waals surface area contributed by atoms with E-state index < -0.39 is 0 Å². The highest BCUT2D eigenvalue weighted by atomic mass is 35.5. The van der Waals surface area contributed by atoms with Crippen molar-refractivity contribution in [1.29, 1.82) is 0 Å². The predicted octanol–water partition coefficient (Wildman–Crippen LogP) is 4.62. The molecule has 2 N–H and O–H groups in total. The molecule has 4 rings (SSSR count). The first-order chi connectivity index (χ1) is 12.2. The van der Waals surface area contributed by atoms with Crippen LogP contribution in [0, 0.1) is 0 Å². The lowest BCUT2D eigenvalue weighted by atomic mass is 10.0. The quantitative estimate of drug-likeness (QED) is 0.800. The van der Waals surface area contributed by atoms with Crippen molar-refractivity contribution in [2.45, 2.75) is 63.5 Å². The number of thiophene rings is 1. The minimum atomic E-state index is 0.254. The summed E-state index contributed by atoms with van der Waals surface area (Å²) >= 11 is 8.02. The Bertz CT molecular complexity index is 709. The van der Waals surface area contributed by atoms with Gasteiger partial charge in [0.2, 0.25) is 0 Å². The van der Waals surface area contributed by atoms with E-state index in [2.05, 4.69) is 34.6 Å². The van der Waals surface area contributed by atoms with E-state index in [-0.39, 0.29) is 6.04 Å². The average Bonchev–Trinajstić information content (AvgIpc) is 3.20. The van der Waals surface area contributed by atoms with E-state index >= 15 is 0 Å². The highest BCUT2D eigenvalue weighted by molar-refractivity contribution is 7.16. The highest BCUT2D eigenvalue weighted by Gasteiger charge is 2.28. The van der Waals surface area contributed by atoms with Crippen LogP contribution < -0.4 is 5.32 Å². The fourth-order valence-corrected chi connectivity index (χ4v) is 4.97. The fourth-order valence-electron chi connectivity index (χ4n) is 3.58. The summed E-state index contributed by atoms with van der Waals surface area (Å²) in [5, 5.41) is 11.7. The smallest absolute Gasteiger partial charge is 0.0934 e. The number of nitrogens with zero attached hydrogens (tertiary/aromatic N) is 1. The molecule has 2 atom stereocenters. The van der Waals surface area contributed by atoms with Crippen molar-refractivity contribution in [1.82, 2.24) is 15.5 Å². The van der Waals surface area contributed by atoms with Gasteiger partial charge in [-0.15, -0.1) is 11.3 Å². The Balaban J connectivity index is 1.59. The van der Waals surface area contributed by atoms with E-state index in [1.807, 2.05) is 0 Å². The number of nitrogens with one attached hydrogen (secondary N) is 2. The Morgan fingerprint density at radius 3 is 2.96 bits per heavy atom. The summed E-state index contributed by atoms with van der Waals surface area (Å²) in [6.07, 6.45) is 6.67. The van der Waals surface area contributed by atoms with Gasteiger partial charge in [-0.3, -0.25) is 5.10 Å². The molecular formula is C19H26ClN3OS. The number of hydrogen-bond acceptors (Lipinski definition) is 4. The van der Waals surface area contributed by atoms with Crippen molar-refractivity contribution in [3.8, 4) is 0 Å². The van der Waals surface area contributed by atoms with Crippen molar-refractivity contribution in [2.75, 3.05) is 13.2 Å². The molecule has 1 saturated carbocycles. The summed E-state index contributed by atoms with van der Waals surface area (Å²) in [7, 11) is 0. The normalized spacial score (nSPS) is 25.8. The molecule has 1 fully saturated rings. The Hall–Kier alpha value is -0.880. The maximum Gasteiger partial charge on any atom is 0.0934 e. The summed E-state index contributed by atoms with van der Waals surface area (Å²) < 4.78 is 6.66. The second-order valence-corrected chi connectivity index (χ2v) is 9.12. The van der Waals surface area contributed by atoms with Gasteiger partial charge in [0.1, 0.15) is 0 Å². The lowest BCUT2D eigenvalue weighted by molar-refractivity contribution is 0.130. The first-order valence-electron chi connectivity index (χ1n) is 9.35. The van der Waals surface area contributed by atoms with Gasteiger partial charge in [-0.05, 0) is 56.7 Å². The van der Waals surface area contributed by atoms with E-state index in [1.165, 1.54) is 34.7 Å². The molecule has 0 radical (unpaired) electrons. The lowest BCUT2D eigenvalue weighted by Gasteiger charge is -2.23. The van der Waals surface area contributed by atoms with Crippen molar-refractivity contribution < 1.29 is 4.74 Å². The molecule has 2 aliphatic rings. The van der Waals surface area contributed by atoms with Gasteiger partial charge in [-0.25, -0.2) is 0 Å². The SMILES string of the molecule is CC1CCCOCCc2cc(Cl)sc2CC(c2cc(C3CC3)n[nH]2)N1. The third-order valence-electron chi connectivity index (χ3n) is 5.17. The minimum Gasteiger partial charge on any atom is -0.381 e. The molecule has 25 heavy (non-hydrogen) atoms. The van der Waals surface area contributed by atoms with Crippen molar-refractivity contribution in [2.24, 2.45) is 0 Å². The van der Waals surface area contributed by atoms with Crippen LogP contribution in [0.1, 0.15) is 66.4 Å². The third-order valence-corrected chi connectivity index (χ3v) is 6.50. The maximum absolute atomic E-state index is 6.32.